The average Bonchev–Trinajstić information content (AvgIpc) is 3.45. The molecule has 7 nitrogen and oxygen atoms in total. The zero-order valence-corrected chi connectivity index (χ0v) is 17.7. The molecular weight excluding hydrogens is 420 g/mol. The van der Waals surface area contributed by atoms with Gasteiger partial charge in [0.05, 0.1) is 21.2 Å². The van der Waals surface area contributed by atoms with Crippen LogP contribution in [0.5, 0.6) is 0 Å². The number of para-hydroxylation sites is 1. The molecule has 0 saturated carbocycles. The minimum absolute atomic E-state index is 0.0189. The molecule has 0 bridgehead atoms. The van der Waals surface area contributed by atoms with Crippen LogP contribution in [0.25, 0.3) is 16.4 Å². The van der Waals surface area contributed by atoms with Crippen LogP contribution in [0.1, 0.15) is 17.5 Å². The Kier molecular flexibility index (Phi) is 5.47. The summed E-state index contributed by atoms with van der Waals surface area (Å²) in [5, 5.41) is 9.07. The van der Waals surface area contributed by atoms with Crippen LogP contribution in [-0.4, -0.2) is 34.8 Å². The molecule has 1 amide bonds. The van der Waals surface area contributed by atoms with Gasteiger partial charge < -0.3 is 5.32 Å². The van der Waals surface area contributed by atoms with E-state index >= 15 is 0 Å². The average molecular weight is 439 g/mol. The second kappa shape index (κ2) is 8.21. The number of hydrogen-bond acceptors (Lipinski definition) is 6. The molecule has 0 aliphatic carbocycles. The van der Waals surface area contributed by atoms with Gasteiger partial charge in [-0.1, -0.05) is 31.2 Å². The second-order valence-corrected chi connectivity index (χ2v) is 9.59. The minimum Gasteiger partial charge on any atom is -0.319 e. The monoisotopic (exact) mass is 438 g/mol. The van der Waals surface area contributed by atoms with E-state index in [9.17, 15) is 13.2 Å². The van der Waals surface area contributed by atoms with Crippen LogP contribution in [-0.2, 0) is 9.84 Å². The number of carbonyl (C=O) groups excluding carboxylic acids is 1. The summed E-state index contributed by atoms with van der Waals surface area (Å²) in [6, 6.07) is 19.3. The highest BCUT2D eigenvalue weighted by molar-refractivity contribution is 7.91. The van der Waals surface area contributed by atoms with Crippen molar-refractivity contribution in [2.45, 2.75) is 11.8 Å². The number of benzene rings is 2. The van der Waals surface area contributed by atoms with E-state index in [1.54, 1.807) is 23.7 Å². The SMILES string of the molecule is CCS(=O)(=O)c1ccc(NC(=O)c2nc(-c3cccs3)n(-c3ccccc3)n2)cc1. The molecule has 4 aromatic rings. The molecule has 1 N–H and O–H groups in total. The van der Waals surface area contributed by atoms with Crippen molar-refractivity contribution in [1.29, 1.82) is 0 Å². The first-order valence-corrected chi connectivity index (χ1v) is 11.7. The topological polar surface area (TPSA) is 94.0 Å². The summed E-state index contributed by atoms with van der Waals surface area (Å²) in [6.45, 7) is 1.59. The standard InChI is InChI=1S/C21H18N4O3S2/c1-2-30(27,28)17-12-10-15(11-13-17)22-21(26)19-23-20(18-9-6-14-29-18)25(24-19)16-7-4-3-5-8-16/h3-14H,2H2,1H3,(H,22,26). The van der Waals surface area contributed by atoms with Gasteiger partial charge in [0.15, 0.2) is 15.7 Å². The van der Waals surface area contributed by atoms with Crippen molar-refractivity contribution in [2.75, 3.05) is 11.1 Å². The summed E-state index contributed by atoms with van der Waals surface area (Å²) in [7, 11) is -3.29. The van der Waals surface area contributed by atoms with Crippen LogP contribution >= 0.6 is 11.3 Å². The first-order valence-electron chi connectivity index (χ1n) is 9.18. The van der Waals surface area contributed by atoms with Crippen molar-refractivity contribution in [3.63, 3.8) is 0 Å². The number of nitrogens with zero attached hydrogens (tertiary/aromatic N) is 3. The van der Waals surface area contributed by atoms with Crippen LogP contribution in [0.15, 0.2) is 77.0 Å². The maximum absolute atomic E-state index is 12.8. The van der Waals surface area contributed by atoms with Crippen molar-refractivity contribution >= 4 is 32.8 Å². The normalized spacial score (nSPS) is 11.4. The largest absolute Gasteiger partial charge is 0.319 e. The summed E-state index contributed by atoms with van der Waals surface area (Å²) in [6.07, 6.45) is 0. The lowest BCUT2D eigenvalue weighted by Gasteiger charge is -2.05. The lowest BCUT2D eigenvalue weighted by molar-refractivity contribution is 0.101. The molecule has 9 heteroatoms. The Labute approximate surface area is 178 Å². The molecule has 0 radical (unpaired) electrons. The minimum atomic E-state index is -3.29. The molecule has 2 heterocycles. The van der Waals surface area contributed by atoms with Crippen LogP contribution in [0.4, 0.5) is 5.69 Å². The van der Waals surface area contributed by atoms with Gasteiger partial charge in [-0.2, -0.15) is 0 Å². The van der Waals surface area contributed by atoms with Gasteiger partial charge in [0.25, 0.3) is 5.91 Å². The Morgan fingerprint density at radius 2 is 1.77 bits per heavy atom. The summed E-state index contributed by atoms with van der Waals surface area (Å²) in [5.74, 6) is 0.136. The molecule has 0 aliphatic heterocycles. The molecule has 30 heavy (non-hydrogen) atoms. The van der Waals surface area contributed by atoms with Crippen LogP contribution in [0, 0.1) is 0 Å². The number of rotatable bonds is 6. The van der Waals surface area contributed by atoms with E-state index in [1.165, 1.54) is 23.5 Å². The predicted octanol–water partition coefficient (Wildman–Crippen LogP) is 4.04. The number of carbonyl (C=O) groups is 1. The van der Waals surface area contributed by atoms with Gasteiger partial charge in [0.1, 0.15) is 0 Å². The first-order chi connectivity index (χ1) is 14.5. The Balaban J connectivity index is 1.63. The van der Waals surface area contributed by atoms with Gasteiger partial charge in [-0.15, -0.1) is 16.4 Å². The smallest absolute Gasteiger partial charge is 0.295 e. The third kappa shape index (κ3) is 4.03. The molecule has 152 valence electrons. The van der Waals surface area contributed by atoms with Gasteiger partial charge in [0, 0.05) is 5.69 Å². The summed E-state index contributed by atoms with van der Waals surface area (Å²) < 4.78 is 25.5. The number of thiophene rings is 1. The number of hydrogen-bond donors (Lipinski definition) is 1. The second-order valence-electron chi connectivity index (χ2n) is 6.37. The summed E-state index contributed by atoms with van der Waals surface area (Å²) in [4.78, 5) is 18.3. The van der Waals surface area contributed by atoms with E-state index in [4.69, 9.17) is 0 Å². The molecule has 0 fully saturated rings. The molecule has 0 unspecified atom stereocenters. The molecule has 0 saturated heterocycles. The molecule has 2 aromatic heterocycles. The van der Waals surface area contributed by atoms with Gasteiger partial charge in [-0.05, 0) is 47.8 Å². The zero-order valence-electron chi connectivity index (χ0n) is 16.0. The van der Waals surface area contributed by atoms with Gasteiger partial charge in [-0.3, -0.25) is 4.79 Å². The predicted molar refractivity (Wildman–Crippen MR) is 117 cm³/mol. The lowest BCUT2D eigenvalue weighted by Crippen LogP contribution is -2.14. The third-order valence-electron chi connectivity index (χ3n) is 4.40. The van der Waals surface area contributed by atoms with Gasteiger partial charge in [0.2, 0.25) is 5.82 Å². The highest BCUT2D eigenvalue weighted by Crippen LogP contribution is 2.26. The summed E-state index contributed by atoms with van der Waals surface area (Å²) in [5.41, 5.74) is 1.25. The number of aromatic nitrogens is 3. The van der Waals surface area contributed by atoms with Crippen molar-refractivity contribution in [3.05, 3.63) is 77.9 Å². The Morgan fingerprint density at radius 1 is 1.03 bits per heavy atom. The number of nitrogens with one attached hydrogen (secondary N) is 1. The highest BCUT2D eigenvalue weighted by atomic mass is 32.2. The van der Waals surface area contributed by atoms with Crippen LogP contribution in [0.2, 0.25) is 0 Å². The molecule has 2 aromatic carbocycles. The number of amides is 1. The Bertz CT molecular complexity index is 1260. The van der Waals surface area contributed by atoms with Crippen molar-refractivity contribution < 1.29 is 13.2 Å². The van der Waals surface area contributed by atoms with Crippen LogP contribution in [0.3, 0.4) is 0 Å². The van der Waals surface area contributed by atoms with E-state index in [0.29, 0.717) is 11.5 Å². The summed E-state index contributed by atoms with van der Waals surface area (Å²) >= 11 is 1.51. The van der Waals surface area contributed by atoms with E-state index in [0.717, 1.165) is 10.6 Å². The molecule has 0 aliphatic rings. The fourth-order valence-electron chi connectivity index (χ4n) is 2.82. The van der Waals surface area contributed by atoms with Crippen molar-refractivity contribution in [2.24, 2.45) is 0 Å². The molecule has 0 atom stereocenters. The van der Waals surface area contributed by atoms with E-state index < -0.39 is 15.7 Å². The lowest BCUT2D eigenvalue weighted by atomic mass is 10.3. The zero-order chi connectivity index (χ0) is 21.1. The van der Waals surface area contributed by atoms with Gasteiger partial charge >= 0.3 is 0 Å². The quantitative estimate of drug-likeness (QED) is 0.490. The van der Waals surface area contributed by atoms with E-state index in [-0.39, 0.29) is 16.5 Å². The first kappa shape index (κ1) is 20.0. The molecular formula is C21H18N4O3S2. The van der Waals surface area contributed by atoms with Gasteiger partial charge in [-0.25, -0.2) is 18.1 Å². The Morgan fingerprint density at radius 3 is 2.40 bits per heavy atom. The maximum atomic E-state index is 12.8. The molecule has 4 rings (SSSR count). The van der Waals surface area contributed by atoms with E-state index in [1.807, 2.05) is 47.8 Å². The highest BCUT2D eigenvalue weighted by Gasteiger charge is 2.20. The van der Waals surface area contributed by atoms with E-state index in [2.05, 4.69) is 15.4 Å². The molecule has 0 spiro atoms. The fraction of sp³-hybridized carbons (Fsp3) is 0.0952. The third-order valence-corrected chi connectivity index (χ3v) is 7.02. The fourth-order valence-corrected chi connectivity index (χ4v) is 4.40. The van der Waals surface area contributed by atoms with Crippen LogP contribution < -0.4 is 5.32 Å². The number of sulfone groups is 1. The maximum Gasteiger partial charge on any atom is 0.295 e. The van der Waals surface area contributed by atoms with Crippen molar-refractivity contribution in [1.82, 2.24) is 14.8 Å². The number of anilines is 1. The Hall–Kier alpha value is -3.30. The van der Waals surface area contributed by atoms with Crippen molar-refractivity contribution in [3.8, 4) is 16.4 Å².